The summed E-state index contributed by atoms with van der Waals surface area (Å²) >= 11 is 0. The van der Waals surface area contributed by atoms with Gasteiger partial charge in [-0.05, 0) is 36.4 Å². The molecule has 0 saturated heterocycles. The molecule has 0 spiro atoms. The molecule has 0 aromatic heterocycles. The summed E-state index contributed by atoms with van der Waals surface area (Å²) in [5.41, 5.74) is 1.93. The number of carbonyl (C=O) groups is 1. The first-order chi connectivity index (χ1) is 8.78. The molecule has 1 aromatic rings. The summed E-state index contributed by atoms with van der Waals surface area (Å²) in [6.45, 7) is 1.94. The molecule has 3 N–H and O–H groups in total. The second-order valence-corrected chi connectivity index (χ2v) is 4.83. The van der Waals surface area contributed by atoms with Crippen LogP contribution in [0, 0.1) is 5.92 Å². The van der Waals surface area contributed by atoms with Gasteiger partial charge in [0.25, 0.3) is 0 Å². The summed E-state index contributed by atoms with van der Waals surface area (Å²) in [6, 6.07) is 7.58. The molecule has 1 fully saturated rings. The SMILES string of the molecule is O=C(CNCC1CC1)NCc1ccc(CO)cc1. The molecule has 1 aliphatic carbocycles. The van der Waals surface area contributed by atoms with Crippen molar-refractivity contribution < 1.29 is 9.90 Å². The number of rotatable bonds is 7. The van der Waals surface area contributed by atoms with E-state index in [0.29, 0.717) is 13.1 Å². The zero-order valence-corrected chi connectivity index (χ0v) is 10.5. The lowest BCUT2D eigenvalue weighted by atomic mass is 10.1. The van der Waals surface area contributed by atoms with E-state index in [1.54, 1.807) is 0 Å². The molecule has 1 aliphatic rings. The molecule has 1 amide bonds. The van der Waals surface area contributed by atoms with E-state index in [-0.39, 0.29) is 12.5 Å². The number of benzene rings is 1. The smallest absolute Gasteiger partial charge is 0.234 e. The lowest BCUT2D eigenvalue weighted by Gasteiger charge is -2.07. The molecule has 0 heterocycles. The molecule has 0 aliphatic heterocycles. The van der Waals surface area contributed by atoms with E-state index in [4.69, 9.17) is 5.11 Å². The van der Waals surface area contributed by atoms with E-state index < -0.39 is 0 Å². The van der Waals surface area contributed by atoms with Crippen LogP contribution in [0.15, 0.2) is 24.3 Å². The molecule has 0 atom stereocenters. The van der Waals surface area contributed by atoms with Gasteiger partial charge in [0, 0.05) is 6.54 Å². The zero-order valence-electron chi connectivity index (χ0n) is 10.5. The van der Waals surface area contributed by atoms with Gasteiger partial charge in [-0.1, -0.05) is 24.3 Å². The monoisotopic (exact) mass is 248 g/mol. The predicted octanol–water partition coefficient (Wildman–Crippen LogP) is 0.795. The van der Waals surface area contributed by atoms with Crippen LogP contribution in [-0.4, -0.2) is 24.1 Å². The van der Waals surface area contributed by atoms with E-state index in [9.17, 15) is 4.79 Å². The van der Waals surface area contributed by atoms with E-state index in [1.807, 2.05) is 24.3 Å². The zero-order chi connectivity index (χ0) is 12.8. The quantitative estimate of drug-likeness (QED) is 0.668. The Hall–Kier alpha value is -1.39. The topological polar surface area (TPSA) is 61.4 Å². The third-order valence-electron chi connectivity index (χ3n) is 3.11. The Morgan fingerprint density at radius 1 is 1.22 bits per heavy atom. The van der Waals surface area contributed by atoms with E-state index in [1.165, 1.54) is 12.8 Å². The van der Waals surface area contributed by atoms with Crippen molar-refractivity contribution in [1.29, 1.82) is 0 Å². The maximum atomic E-state index is 11.5. The Morgan fingerprint density at radius 2 is 1.89 bits per heavy atom. The third kappa shape index (κ3) is 4.47. The van der Waals surface area contributed by atoms with Crippen LogP contribution in [0.5, 0.6) is 0 Å². The fourth-order valence-corrected chi connectivity index (χ4v) is 1.74. The Labute approximate surface area is 107 Å². The van der Waals surface area contributed by atoms with Gasteiger partial charge in [0.2, 0.25) is 5.91 Å². The van der Waals surface area contributed by atoms with Gasteiger partial charge in [0.05, 0.1) is 13.2 Å². The Bertz CT molecular complexity index is 385. The summed E-state index contributed by atoms with van der Waals surface area (Å²) in [5, 5.41) is 14.9. The highest BCUT2D eigenvalue weighted by atomic mass is 16.3. The third-order valence-corrected chi connectivity index (χ3v) is 3.11. The molecule has 4 nitrogen and oxygen atoms in total. The van der Waals surface area contributed by atoms with Gasteiger partial charge >= 0.3 is 0 Å². The Balaban J connectivity index is 1.64. The van der Waals surface area contributed by atoms with Crippen molar-refractivity contribution in [2.24, 2.45) is 5.92 Å². The fourth-order valence-electron chi connectivity index (χ4n) is 1.74. The van der Waals surface area contributed by atoms with Gasteiger partial charge in [0.1, 0.15) is 0 Å². The average Bonchev–Trinajstić information content (AvgIpc) is 3.21. The number of carbonyl (C=O) groups excluding carboxylic acids is 1. The van der Waals surface area contributed by atoms with Crippen molar-refractivity contribution >= 4 is 5.91 Å². The summed E-state index contributed by atoms with van der Waals surface area (Å²) in [7, 11) is 0. The Morgan fingerprint density at radius 3 is 2.50 bits per heavy atom. The van der Waals surface area contributed by atoms with Crippen molar-refractivity contribution in [3.8, 4) is 0 Å². The minimum absolute atomic E-state index is 0.0295. The van der Waals surface area contributed by atoms with Gasteiger partial charge in [-0.2, -0.15) is 0 Å². The van der Waals surface area contributed by atoms with E-state index >= 15 is 0 Å². The second-order valence-electron chi connectivity index (χ2n) is 4.83. The first-order valence-corrected chi connectivity index (χ1v) is 6.44. The number of aliphatic hydroxyl groups is 1. The molecule has 18 heavy (non-hydrogen) atoms. The number of aliphatic hydroxyl groups excluding tert-OH is 1. The second kappa shape index (κ2) is 6.52. The van der Waals surface area contributed by atoms with Crippen molar-refractivity contribution in [3.05, 3.63) is 35.4 Å². The van der Waals surface area contributed by atoms with Crippen LogP contribution in [0.2, 0.25) is 0 Å². The van der Waals surface area contributed by atoms with Crippen molar-refractivity contribution in [2.45, 2.75) is 26.0 Å². The highest BCUT2D eigenvalue weighted by Gasteiger charge is 2.20. The summed E-state index contributed by atoms with van der Waals surface area (Å²) in [6.07, 6.45) is 2.59. The molecule has 1 saturated carbocycles. The van der Waals surface area contributed by atoms with Crippen molar-refractivity contribution in [1.82, 2.24) is 10.6 Å². The highest BCUT2D eigenvalue weighted by Crippen LogP contribution is 2.27. The molecule has 1 aromatic carbocycles. The molecule has 98 valence electrons. The number of nitrogens with one attached hydrogen (secondary N) is 2. The summed E-state index contributed by atoms with van der Waals surface area (Å²) in [4.78, 5) is 11.5. The molecule has 0 bridgehead atoms. The van der Waals surface area contributed by atoms with Crippen LogP contribution in [0.25, 0.3) is 0 Å². The van der Waals surface area contributed by atoms with Gasteiger partial charge in [-0.3, -0.25) is 4.79 Å². The number of hydrogen-bond acceptors (Lipinski definition) is 3. The lowest BCUT2D eigenvalue weighted by Crippen LogP contribution is -2.34. The fraction of sp³-hybridized carbons (Fsp3) is 0.500. The average molecular weight is 248 g/mol. The van der Waals surface area contributed by atoms with E-state index in [0.717, 1.165) is 23.6 Å². The van der Waals surface area contributed by atoms with Gasteiger partial charge in [0.15, 0.2) is 0 Å². The van der Waals surface area contributed by atoms with Crippen LogP contribution < -0.4 is 10.6 Å². The predicted molar refractivity (Wildman–Crippen MR) is 69.8 cm³/mol. The minimum Gasteiger partial charge on any atom is -0.392 e. The first kappa shape index (κ1) is 13.1. The van der Waals surface area contributed by atoms with Crippen LogP contribution in [0.4, 0.5) is 0 Å². The maximum absolute atomic E-state index is 11.5. The maximum Gasteiger partial charge on any atom is 0.234 e. The molecule has 0 radical (unpaired) electrons. The Kier molecular flexibility index (Phi) is 4.73. The molecule has 2 rings (SSSR count). The number of amides is 1. The molecule has 0 unspecified atom stereocenters. The summed E-state index contributed by atoms with van der Waals surface area (Å²) < 4.78 is 0. The van der Waals surface area contributed by atoms with E-state index in [2.05, 4.69) is 10.6 Å². The van der Waals surface area contributed by atoms with Gasteiger partial charge in [-0.25, -0.2) is 0 Å². The number of hydrogen-bond donors (Lipinski definition) is 3. The van der Waals surface area contributed by atoms with Gasteiger partial charge < -0.3 is 15.7 Å². The standard InChI is InChI=1S/C14H20N2O2/c17-10-13-5-3-12(4-6-13)8-16-14(18)9-15-7-11-1-2-11/h3-6,11,15,17H,1-2,7-10H2,(H,16,18). The normalized spacial score (nSPS) is 14.5. The van der Waals surface area contributed by atoms with Crippen LogP contribution in [0.1, 0.15) is 24.0 Å². The van der Waals surface area contributed by atoms with Gasteiger partial charge in [-0.15, -0.1) is 0 Å². The van der Waals surface area contributed by atoms with Crippen LogP contribution in [-0.2, 0) is 17.9 Å². The van der Waals surface area contributed by atoms with Crippen LogP contribution in [0.3, 0.4) is 0 Å². The summed E-state index contributed by atoms with van der Waals surface area (Å²) in [5.74, 6) is 0.825. The highest BCUT2D eigenvalue weighted by molar-refractivity contribution is 5.77. The van der Waals surface area contributed by atoms with Crippen molar-refractivity contribution in [2.75, 3.05) is 13.1 Å². The molecular formula is C14H20N2O2. The minimum atomic E-state index is 0.0295. The van der Waals surface area contributed by atoms with Crippen LogP contribution >= 0.6 is 0 Å². The largest absolute Gasteiger partial charge is 0.392 e. The van der Waals surface area contributed by atoms with Crippen molar-refractivity contribution in [3.63, 3.8) is 0 Å². The molecule has 4 heteroatoms. The lowest BCUT2D eigenvalue weighted by molar-refractivity contribution is -0.120. The first-order valence-electron chi connectivity index (χ1n) is 6.44. The molecular weight excluding hydrogens is 228 g/mol.